The summed E-state index contributed by atoms with van der Waals surface area (Å²) in [5, 5.41) is 0. The van der Waals surface area contributed by atoms with E-state index < -0.39 is 0 Å². The Bertz CT molecular complexity index is 731. The minimum absolute atomic E-state index is 0.673. The summed E-state index contributed by atoms with van der Waals surface area (Å²) in [4.78, 5) is 6.80. The van der Waals surface area contributed by atoms with E-state index >= 15 is 0 Å². The molecule has 3 nitrogen and oxygen atoms in total. The van der Waals surface area contributed by atoms with Gasteiger partial charge in [-0.25, -0.2) is 4.98 Å². The van der Waals surface area contributed by atoms with Crippen molar-refractivity contribution in [3.63, 3.8) is 0 Å². The van der Waals surface area contributed by atoms with Gasteiger partial charge in [-0.15, -0.1) is 0 Å². The van der Waals surface area contributed by atoms with Crippen LogP contribution in [0.2, 0.25) is 0 Å². The number of ether oxygens (including phenoxy) is 1. The lowest BCUT2D eigenvalue weighted by atomic mass is 9.94. The average molecular weight is 336 g/mol. The number of nitrogens with zero attached hydrogens (tertiary/aromatic N) is 2. The van der Waals surface area contributed by atoms with E-state index in [1.165, 1.54) is 35.1 Å². The topological polar surface area (TPSA) is 25.4 Å². The summed E-state index contributed by atoms with van der Waals surface area (Å²) in [5.74, 6) is 1.42. The molecule has 0 unspecified atom stereocenters. The van der Waals surface area contributed by atoms with Crippen LogP contribution in [0.1, 0.15) is 35.1 Å². The van der Waals surface area contributed by atoms with Crippen LogP contribution in [0, 0.1) is 19.8 Å². The van der Waals surface area contributed by atoms with Crippen molar-refractivity contribution in [3.8, 4) is 5.88 Å². The van der Waals surface area contributed by atoms with Crippen molar-refractivity contribution >= 4 is 6.08 Å². The Morgan fingerprint density at radius 2 is 2.00 bits per heavy atom. The van der Waals surface area contributed by atoms with Crippen LogP contribution in [-0.4, -0.2) is 30.1 Å². The second kappa shape index (κ2) is 8.30. The van der Waals surface area contributed by atoms with Gasteiger partial charge in [-0.2, -0.15) is 0 Å². The summed E-state index contributed by atoms with van der Waals surface area (Å²) in [6.07, 6.45) is 8.93. The van der Waals surface area contributed by atoms with Gasteiger partial charge in [0.2, 0.25) is 5.88 Å². The van der Waals surface area contributed by atoms with Gasteiger partial charge >= 0.3 is 0 Å². The number of hydrogen-bond acceptors (Lipinski definition) is 3. The second-order valence-electron chi connectivity index (χ2n) is 7.00. The molecule has 1 aromatic carbocycles. The molecule has 2 aromatic rings. The number of rotatable bonds is 5. The van der Waals surface area contributed by atoms with Crippen LogP contribution in [0.5, 0.6) is 5.88 Å². The number of hydrogen-bond donors (Lipinski definition) is 0. The number of methoxy groups -OCH3 is 1. The Morgan fingerprint density at radius 3 is 2.76 bits per heavy atom. The van der Waals surface area contributed by atoms with Crippen LogP contribution in [0.4, 0.5) is 0 Å². The molecule has 3 heteroatoms. The van der Waals surface area contributed by atoms with Gasteiger partial charge in [-0.3, -0.25) is 4.90 Å². The van der Waals surface area contributed by atoms with Gasteiger partial charge in [-0.1, -0.05) is 42.0 Å². The predicted molar refractivity (Wildman–Crippen MR) is 104 cm³/mol. The Hall–Kier alpha value is -2.13. The molecule has 0 N–H and O–H groups in total. The first-order chi connectivity index (χ1) is 12.2. The molecule has 1 aliphatic rings. The van der Waals surface area contributed by atoms with Crippen LogP contribution < -0.4 is 4.74 Å². The van der Waals surface area contributed by atoms with Gasteiger partial charge in [0.1, 0.15) is 0 Å². The SMILES string of the molecule is COc1ncccc1CN1CCC(C=Cc2cc(C)ccc2C)CC1. The molecule has 1 aliphatic heterocycles. The normalized spacial score (nSPS) is 16.4. The van der Waals surface area contributed by atoms with Gasteiger partial charge in [0, 0.05) is 18.3 Å². The Morgan fingerprint density at radius 1 is 1.20 bits per heavy atom. The fraction of sp³-hybridized carbons (Fsp3) is 0.409. The highest BCUT2D eigenvalue weighted by atomic mass is 16.5. The number of likely N-dealkylation sites (tertiary alicyclic amines) is 1. The summed E-state index contributed by atoms with van der Waals surface area (Å²) in [7, 11) is 1.69. The van der Waals surface area contributed by atoms with Crippen molar-refractivity contribution in [1.82, 2.24) is 9.88 Å². The summed E-state index contributed by atoms with van der Waals surface area (Å²) in [5.41, 5.74) is 5.20. The Kier molecular flexibility index (Phi) is 5.87. The highest BCUT2D eigenvalue weighted by Gasteiger charge is 2.18. The molecule has 0 atom stereocenters. The predicted octanol–water partition coefficient (Wildman–Crippen LogP) is 4.63. The third-order valence-electron chi connectivity index (χ3n) is 5.05. The van der Waals surface area contributed by atoms with E-state index in [1.54, 1.807) is 13.3 Å². The highest BCUT2D eigenvalue weighted by molar-refractivity contribution is 5.54. The van der Waals surface area contributed by atoms with Crippen molar-refractivity contribution < 1.29 is 4.74 Å². The molecule has 2 heterocycles. The molecule has 1 saturated heterocycles. The summed E-state index contributed by atoms with van der Waals surface area (Å²) < 4.78 is 5.37. The van der Waals surface area contributed by atoms with E-state index in [1.807, 2.05) is 6.07 Å². The average Bonchev–Trinajstić information content (AvgIpc) is 2.64. The lowest BCUT2D eigenvalue weighted by molar-refractivity contribution is 0.193. The summed E-state index contributed by atoms with van der Waals surface area (Å²) in [6.45, 7) is 7.51. The van der Waals surface area contributed by atoms with Crippen molar-refractivity contribution in [3.05, 3.63) is 64.9 Å². The monoisotopic (exact) mass is 336 g/mol. The lowest BCUT2D eigenvalue weighted by Crippen LogP contribution is -2.32. The molecule has 0 aliphatic carbocycles. The molecule has 0 spiro atoms. The minimum atomic E-state index is 0.673. The fourth-order valence-electron chi connectivity index (χ4n) is 3.45. The molecule has 25 heavy (non-hydrogen) atoms. The number of aromatic nitrogens is 1. The van der Waals surface area contributed by atoms with E-state index in [0.29, 0.717) is 5.92 Å². The van der Waals surface area contributed by atoms with Gasteiger partial charge in [0.05, 0.1) is 7.11 Å². The minimum Gasteiger partial charge on any atom is -0.481 e. The van der Waals surface area contributed by atoms with Crippen molar-refractivity contribution in [2.75, 3.05) is 20.2 Å². The van der Waals surface area contributed by atoms with Crippen LogP contribution in [-0.2, 0) is 6.54 Å². The molecular weight excluding hydrogens is 308 g/mol. The van der Waals surface area contributed by atoms with E-state index in [9.17, 15) is 0 Å². The molecule has 0 saturated carbocycles. The highest BCUT2D eigenvalue weighted by Crippen LogP contribution is 2.24. The van der Waals surface area contributed by atoms with Gasteiger partial charge < -0.3 is 4.74 Å². The zero-order chi connectivity index (χ0) is 17.6. The smallest absolute Gasteiger partial charge is 0.217 e. The first kappa shape index (κ1) is 17.7. The number of allylic oxidation sites excluding steroid dienone is 1. The molecule has 0 bridgehead atoms. The number of benzene rings is 1. The molecular formula is C22H28N2O. The summed E-state index contributed by atoms with van der Waals surface area (Å²) in [6, 6.07) is 10.8. The summed E-state index contributed by atoms with van der Waals surface area (Å²) >= 11 is 0. The number of piperidine rings is 1. The fourth-order valence-corrected chi connectivity index (χ4v) is 3.45. The zero-order valence-corrected chi connectivity index (χ0v) is 15.5. The standard InChI is InChI=1S/C22H28N2O/c1-17-6-7-18(2)20(15-17)9-8-19-10-13-24(14-11-19)16-21-5-4-12-23-22(21)25-3/h4-9,12,15,19H,10-11,13-14,16H2,1-3H3. The zero-order valence-electron chi connectivity index (χ0n) is 15.5. The first-order valence-corrected chi connectivity index (χ1v) is 9.11. The number of pyridine rings is 1. The van der Waals surface area contributed by atoms with E-state index in [2.05, 4.69) is 60.1 Å². The molecule has 0 radical (unpaired) electrons. The van der Waals surface area contributed by atoms with E-state index in [-0.39, 0.29) is 0 Å². The quantitative estimate of drug-likeness (QED) is 0.796. The van der Waals surface area contributed by atoms with E-state index in [0.717, 1.165) is 25.5 Å². The van der Waals surface area contributed by atoms with Crippen molar-refractivity contribution in [1.29, 1.82) is 0 Å². The van der Waals surface area contributed by atoms with Crippen LogP contribution in [0.15, 0.2) is 42.6 Å². The first-order valence-electron chi connectivity index (χ1n) is 9.11. The Balaban J connectivity index is 1.55. The molecule has 3 rings (SSSR count). The largest absolute Gasteiger partial charge is 0.481 e. The molecule has 1 aromatic heterocycles. The maximum atomic E-state index is 5.37. The second-order valence-corrected chi connectivity index (χ2v) is 7.00. The van der Waals surface area contributed by atoms with Gasteiger partial charge in [0.25, 0.3) is 0 Å². The third-order valence-corrected chi connectivity index (χ3v) is 5.05. The third kappa shape index (κ3) is 4.70. The van der Waals surface area contributed by atoms with E-state index in [4.69, 9.17) is 4.74 Å². The maximum Gasteiger partial charge on any atom is 0.217 e. The molecule has 0 amide bonds. The molecule has 1 fully saturated rings. The molecule has 132 valence electrons. The van der Waals surface area contributed by atoms with Crippen molar-refractivity contribution in [2.45, 2.75) is 33.2 Å². The van der Waals surface area contributed by atoms with Crippen LogP contribution in [0.25, 0.3) is 6.08 Å². The number of aryl methyl sites for hydroxylation is 2. The maximum absolute atomic E-state index is 5.37. The van der Waals surface area contributed by atoms with Gasteiger partial charge in [0.15, 0.2) is 0 Å². The van der Waals surface area contributed by atoms with Crippen molar-refractivity contribution in [2.24, 2.45) is 5.92 Å². The van der Waals surface area contributed by atoms with Gasteiger partial charge in [-0.05, 0) is 62.9 Å². The van der Waals surface area contributed by atoms with Crippen LogP contribution in [0.3, 0.4) is 0 Å². The lowest BCUT2D eigenvalue weighted by Gasteiger charge is -2.30. The Labute approximate surface area is 151 Å². The van der Waals surface area contributed by atoms with Crippen LogP contribution >= 0.6 is 0 Å².